The smallest absolute Gasteiger partial charge is 0.252 e. The van der Waals surface area contributed by atoms with Crippen LogP contribution >= 0.6 is 0 Å². The summed E-state index contributed by atoms with van der Waals surface area (Å²) in [5, 5.41) is 2.76. The van der Waals surface area contributed by atoms with Crippen LogP contribution in [0.5, 0.6) is 0 Å². The molecule has 1 saturated heterocycles. The SMILES string of the molecule is COCCNC(=O)c1ccc(N2CCOCC2)nc1. The Hall–Kier alpha value is -1.66. The van der Waals surface area contributed by atoms with Gasteiger partial charge in [-0.1, -0.05) is 0 Å². The van der Waals surface area contributed by atoms with Gasteiger partial charge in [0.2, 0.25) is 0 Å². The van der Waals surface area contributed by atoms with Gasteiger partial charge in [-0.05, 0) is 12.1 Å². The Morgan fingerprint density at radius 3 is 2.89 bits per heavy atom. The zero-order valence-corrected chi connectivity index (χ0v) is 11.1. The predicted octanol–water partition coefficient (Wildman–Crippen LogP) is 0.294. The molecular formula is C13H19N3O3. The highest BCUT2D eigenvalue weighted by atomic mass is 16.5. The molecule has 1 fully saturated rings. The van der Waals surface area contributed by atoms with Gasteiger partial charge >= 0.3 is 0 Å². The average Bonchev–Trinajstić information content (AvgIpc) is 2.48. The van der Waals surface area contributed by atoms with Gasteiger partial charge in [0.15, 0.2) is 0 Å². The van der Waals surface area contributed by atoms with Gasteiger partial charge in [-0.3, -0.25) is 4.79 Å². The summed E-state index contributed by atoms with van der Waals surface area (Å²) < 4.78 is 10.2. The molecule has 2 heterocycles. The summed E-state index contributed by atoms with van der Waals surface area (Å²) >= 11 is 0. The molecule has 0 saturated carbocycles. The number of methoxy groups -OCH3 is 1. The Morgan fingerprint density at radius 1 is 1.47 bits per heavy atom. The van der Waals surface area contributed by atoms with Crippen LogP contribution in [0.3, 0.4) is 0 Å². The van der Waals surface area contributed by atoms with Crippen LogP contribution in [0.4, 0.5) is 5.82 Å². The fourth-order valence-corrected chi connectivity index (χ4v) is 1.87. The van der Waals surface area contributed by atoms with Crippen LogP contribution in [0.1, 0.15) is 10.4 Å². The second-order valence-electron chi connectivity index (χ2n) is 4.25. The number of carbonyl (C=O) groups excluding carboxylic acids is 1. The van der Waals surface area contributed by atoms with Crippen LogP contribution in [-0.4, -0.2) is 57.5 Å². The summed E-state index contributed by atoms with van der Waals surface area (Å²) in [6.07, 6.45) is 1.60. The van der Waals surface area contributed by atoms with Gasteiger partial charge < -0.3 is 19.7 Å². The number of amides is 1. The topological polar surface area (TPSA) is 63.7 Å². The lowest BCUT2D eigenvalue weighted by molar-refractivity contribution is 0.0936. The summed E-state index contributed by atoms with van der Waals surface area (Å²) in [7, 11) is 1.60. The number of ether oxygens (including phenoxy) is 2. The monoisotopic (exact) mass is 265 g/mol. The first kappa shape index (κ1) is 13.8. The number of nitrogens with zero attached hydrogens (tertiary/aromatic N) is 2. The van der Waals surface area contributed by atoms with Crippen molar-refractivity contribution < 1.29 is 14.3 Å². The number of morpholine rings is 1. The number of carbonyl (C=O) groups is 1. The maximum atomic E-state index is 11.8. The Labute approximate surface area is 112 Å². The van der Waals surface area contributed by atoms with Crippen molar-refractivity contribution in [1.29, 1.82) is 0 Å². The van der Waals surface area contributed by atoms with Crippen molar-refractivity contribution in [2.75, 3.05) is 51.5 Å². The summed E-state index contributed by atoms with van der Waals surface area (Å²) in [4.78, 5) is 18.2. The molecule has 0 unspecified atom stereocenters. The average molecular weight is 265 g/mol. The number of hydrogen-bond donors (Lipinski definition) is 1. The number of rotatable bonds is 5. The molecule has 0 aromatic carbocycles. The van der Waals surface area contributed by atoms with Crippen LogP contribution in [0.15, 0.2) is 18.3 Å². The van der Waals surface area contributed by atoms with E-state index in [4.69, 9.17) is 9.47 Å². The number of pyridine rings is 1. The number of hydrogen-bond acceptors (Lipinski definition) is 5. The molecule has 0 aliphatic carbocycles. The van der Waals surface area contributed by atoms with Crippen molar-refractivity contribution in [2.45, 2.75) is 0 Å². The molecule has 0 atom stereocenters. The molecule has 2 rings (SSSR count). The van der Waals surface area contributed by atoms with Crippen LogP contribution in [0.2, 0.25) is 0 Å². The van der Waals surface area contributed by atoms with E-state index in [1.54, 1.807) is 19.4 Å². The van der Waals surface area contributed by atoms with Crippen LogP contribution in [-0.2, 0) is 9.47 Å². The molecule has 1 N–H and O–H groups in total. The number of anilines is 1. The Kier molecular flexibility index (Phi) is 5.11. The van der Waals surface area contributed by atoms with Gasteiger partial charge in [0.1, 0.15) is 5.82 Å². The third-order valence-electron chi connectivity index (χ3n) is 2.94. The molecular weight excluding hydrogens is 246 g/mol. The van der Waals surface area contributed by atoms with E-state index in [-0.39, 0.29) is 5.91 Å². The van der Waals surface area contributed by atoms with Crippen LogP contribution in [0, 0.1) is 0 Å². The van der Waals surface area contributed by atoms with Crippen molar-refractivity contribution in [3.8, 4) is 0 Å². The number of nitrogens with one attached hydrogen (secondary N) is 1. The van der Waals surface area contributed by atoms with Gasteiger partial charge in [0, 0.05) is 32.9 Å². The molecule has 1 aromatic rings. The minimum Gasteiger partial charge on any atom is -0.383 e. The van der Waals surface area contributed by atoms with E-state index in [9.17, 15) is 4.79 Å². The predicted molar refractivity (Wildman–Crippen MR) is 71.5 cm³/mol. The maximum Gasteiger partial charge on any atom is 0.252 e. The van der Waals surface area contributed by atoms with Crippen LogP contribution < -0.4 is 10.2 Å². The second-order valence-corrected chi connectivity index (χ2v) is 4.25. The van der Waals surface area contributed by atoms with Crippen molar-refractivity contribution in [3.05, 3.63) is 23.9 Å². The highest BCUT2D eigenvalue weighted by molar-refractivity contribution is 5.94. The van der Waals surface area contributed by atoms with E-state index >= 15 is 0 Å². The molecule has 19 heavy (non-hydrogen) atoms. The lowest BCUT2D eigenvalue weighted by Gasteiger charge is -2.27. The summed E-state index contributed by atoms with van der Waals surface area (Å²) in [5.74, 6) is 0.759. The van der Waals surface area contributed by atoms with Crippen molar-refractivity contribution in [1.82, 2.24) is 10.3 Å². The van der Waals surface area contributed by atoms with E-state index in [0.29, 0.717) is 18.7 Å². The van der Waals surface area contributed by atoms with E-state index < -0.39 is 0 Å². The van der Waals surface area contributed by atoms with Crippen LogP contribution in [0.25, 0.3) is 0 Å². The molecule has 104 valence electrons. The highest BCUT2D eigenvalue weighted by Crippen LogP contribution is 2.12. The van der Waals surface area contributed by atoms with E-state index in [2.05, 4.69) is 15.2 Å². The quantitative estimate of drug-likeness (QED) is 0.776. The molecule has 0 bridgehead atoms. The Balaban J connectivity index is 1.91. The fourth-order valence-electron chi connectivity index (χ4n) is 1.87. The molecule has 1 aromatic heterocycles. The first-order valence-electron chi connectivity index (χ1n) is 6.37. The minimum atomic E-state index is -0.127. The lowest BCUT2D eigenvalue weighted by Crippen LogP contribution is -2.36. The standard InChI is InChI=1S/C13H19N3O3/c1-18-7-4-14-13(17)11-2-3-12(15-10-11)16-5-8-19-9-6-16/h2-3,10H,4-9H2,1H3,(H,14,17). The van der Waals surface area contributed by atoms with E-state index in [1.165, 1.54) is 0 Å². The summed E-state index contributed by atoms with van der Waals surface area (Å²) in [6.45, 7) is 4.13. The highest BCUT2D eigenvalue weighted by Gasteiger charge is 2.13. The lowest BCUT2D eigenvalue weighted by atomic mass is 10.2. The molecule has 6 nitrogen and oxygen atoms in total. The van der Waals surface area contributed by atoms with Gasteiger partial charge in [-0.2, -0.15) is 0 Å². The molecule has 0 spiro atoms. The van der Waals surface area contributed by atoms with E-state index in [0.717, 1.165) is 32.1 Å². The maximum absolute atomic E-state index is 11.8. The van der Waals surface area contributed by atoms with Crippen molar-refractivity contribution >= 4 is 11.7 Å². The normalized spacial score (nSPS) is 15.3. The largest absolute Gasteiger partial charge is 0.383 e. The van der Waals surface area contributed by atoms with Gasteiger partial charge in [-0.15, -0.1) is 0 Å². The molecule has 6 heteroatoms. The third-order valence-corrected chi connectivity index (χ3v) is 2.94. The van der Waals surface area contributed by atoms with Crippen molar-refractivity contribution in [3.63, 3.8) is 0 Å². The van der Waals surface area contributed by atoms with Gasteiger partial charge in [0.25, 0.3) is 5.91 Å². The van der Waals surface area contributed by atoms with Gasteiger partial charge in [0.05, 0.1) is 25.4 Å². The second kappa shape index (κ2) is 7.06. The Bertz CT molecular complexity index is 402. The molecule has 1 amide bonds. The molecule has 1 aliphatic rings. The molecule has 0 radical (unpaired) electrons. The summed E-state index contributed by atoms with van der Waals surface area (Å²) in [5.41, 5.74) is 0.563. The van der Waals surface area contributed by atoms with Gasteiger partial charge in [-0.25, -0.2) is 4.98 Å². The minimum absolute atomic E-state index is 0.127. The zero-order chi connectivity index (χ0) is 13.5. The summed E-state index contributed by atoms with van der Waals surface area (Å²) in [6, 6.07) is 3.66. The first-order chi connectivity index (χ1) is 9.31. The molecule has 1 aliphatic heterocycles. The Morgan fingerprint density at radius 2 is 2.26 bits per heavy atom. The first-order valence-corrected chi connectivity index (χ1v) is 6.37. The third kappa shape index (κ3) is 3.90. The van der Waals surface area contributed by atoms with E-state index in [1.807, 2.05) is 6.07 Å². The van der Waals surface area contributed by atoms with Crippen molar-refractivity contribution in [2.24, 2.45) is 0 Å². The number of aromatic nitrogens is 1. The zero-order valence-electron chi connectivity index (χ0n) is 11.1. The fraction of sp³-hybridized carbons (Fsp3) is 0.538.